The van der Waals surface area contributed by atoms with Gasteiger partial charge in [-0.1, -0.05) is 6.92 Å². The van der Waals surface area contributed by atoms with Crippen LogP contribution in [0.4, 0.5) is 0 Å². The summed E-state index contributed by atoms with van der Waals surface area (Å²) < 4.78 is 1.15. The van der Waals surface area contributed by atoms with Gasteiger partial charge in [-0.2, -0.15) is 0 Å². The monoisotopic (exact) mass is 311 g/mol. The lowest BCUT2D eigenvalue weighted by atomic mass is 10.1. The molecule has 0 saturated heterocycles. The van der Waals surface area contributed by atoms with Crippen LogP contribution in [0.1, 0.15) is 29.8 Å². The van der Waals surface area contributed by atoms with E-state index in [4.69, 9.17) is 0 Å². The highest BCUT2D eigenvalue weighted by Gasteiger charge is 2.15. The highest BCUT2D eigenvalue weighted by atomic mass is 79.9. The van der Waals surface area contributed by atoms with Crippen molar-refractivity contribution < 1.29 is 0 Å². The number of hydrogen-bond acceptors (Lipinski definition) is 4. The molecule has 1 unspecified atom stereocenters. The SMILES string of the molecule is CCCNC(c1cncnc1)c1ccc(Br)s1. The van der Waals surface area contributed by atoms with E-state index in [0.717, 1.165) is 22.3 Å². The molecule has 2 aromatic rings. The minimum atomic E-state index is 0.187. The third-order valence-corrected chi connectivity index (χ3v) is 4.08. The zero-order valence-electron chi connectivity index (χ0n) is 9.56. The van der Waals surface area contributed by atoms with Crippen LogP contribution in [0.5, 0.6) is 0 Å². The van der Waals surface area contributed by atoms with E-state index in [0.29, 0.717) is 0 Å². The molecule has 0 spiro atoms. The highest BCUT2D eigenvalue weighted by molar-refractivity contribution is 9.11. The molecule has 0 fully saturated rings. The normalized spacial score (nSPS) is 12.6. The van der Waals surface area contributed by atoms with Crippen molar-refractivity contribution >= 4 is 27.3 Å². The van der Waals surface area contributed by atoms with Crippen molar-refractivity contribution in [1.29, 1.82) is 0 Å². The third-order valence-electron chi connectivity index (χ3n) is 2.39. The Hall–Kier alpha value is -0.780. The molecule has 0 aliphatic rings. The molecule has 0 aliphatic carbocycles. The zero-order valence-corrected chi connectivity index (χ0v) is 12.0. The molecular weight excluding hydrogens is 298 g/mol. The second-order valence-corrected chi connectivity index (χ2v) is 6.20. The fourth-order valence-electron chi connectivity index (χ4n) is 1.61. The lowest BCUT2D eigenvalue weighted by Gasteiger charge is -2.16. The first-order valence-corrected chi connectivity index (χ1v) is 7.15. The van der Waals surface area contributed by atoms with Gasteiger partial charge < -0.3 is 5.32 Å². The Balaban J connectivity index is 2.25. The lowest BCUT2D eigenvalue weighted by Crippen LogP contribution is -2.22. The number of thiophene rings is 1. The van der Waals surface area contributed by atoms with Crippen LogP contribution in [-0.2, 0) is 0 Å². The van der Waals surface area contributed by atoms with Crippen molar-refractivity contribution in [1.82, 2.24) is 15.3 Å². The van der Waals surface area contributed by atoms with Gasteiger partial charge in [-0.25, -0.2) is 9.97 Å². The lowest BCUT2D eigenvalue weighted by molar-refractivity contribution is 0.602. The van der Waals surface area contributed by atoms with Gasteiger partial charge in [-0.3, -0.25) is 0 Å². The van der Waals surface area contributed by atoms with Gasteiger partial charge in [-0.15, -0.1) is 11.3 Å². The molecule has 0 aliphatic heterocycles. The number of rotatable bonds is 5. The van der Waals surface area contributed by atoms with E-state index in [-0.39, 0.29) is 6.04 Å². The van der Waals surface area contributed by atoms with Crippen molar-refractivity contribution in [3.8, 4) is 0 Å². The van der Waals surface area contributed by atoms with Crippen molar-refractivity contribution in [2.45, 2.75) is 19.4 Å². The molecule has 1 N–H and O–H groups in total. The summed E-state index contributed by atoms with van der Waals surface area (Å²) in [5.74, 6) is 0. The van der Waals surface area contributed by atoms with Gasteiger partial charge in [-0.05, 0) is 41.0 Å². The summed E-state index contributed by atoms with van der Waals surface area (Å²) in [6.07, 6.45) is 6.41. The largest absolute Gasteiger partial charge is 0.306 e. The Bertz CT molecular complexity index is 458. The summed E-state index contributed by atoms with van der Waals surface area (Å²) in [5.41, 5.74) is 1.11. The third kappa shape index (κ3) is 3.34. The van der Waals surface area contributed by atoms with Crippen LogP contribution in [0.25, 0.3) is 0 Å². The molecule has 17 heavy (non-hydrogen) atoms. The average Bonchev–Trinajstić information content (AvgIpc) is 2.78. The molecule has 2 heterocycles. The van der Waals surface area contributed by atoms with Crippen LogP contribution < -0.4 is 5.32 Å². The maximum absolute atomic E-state index is 4.09. The number of halogens is 1. The van der Waals surface area contributed by atoms with Gasteiger partial charge >= 0.3 is 0 Å². The Kier molecular flexibility index (Phi) is 4.65. The molecule has 3 nitrogen and oxygen atoms in total. The standard InChI is InChI=1S/C12H14BrN3S/c1-2-5-16-12(9-6-14-8-15-7-9)10-3-4-11(13)17-10/h3-4,6-8,12,16H,2,5H2,1H3. The van der Waals surface area contributed by atoms with Crippen LogP contribution in [0.2, 0.25) is 0 Å². The topological polar surface area (TPSA) is 37.8 Å². The van der Waals surface area contributed by atoms with Crippen LogP contribution in [0, 0.1) is 0 Å². The van der Waals surface area contributed by atoms with E-state index in [1.807, 2.05) is 12.4 Å². The highest BCUT2D eigenvalue weighted by Crippen LogP contribution is 2.30. The summed E-state index contributed by atoms with van der Waals surface area (Å²) in [6, 6.07) is 4.40. The molecule has 0 amide bonds. The van der Waals surface area contributed by atoms with E-state index in [9.17, 15) is 0 Å². The summed E-state index contributed by atoms with van der Waals surface area (Å²) in [6.45, 7) is 3.14. The van der Waals surface area contributed by atoms with Gasteiger partial charge in [0.05, 0.1) is 9.83 Å². The van der Waals surface area contributed by atoms with Crippen LogP contribution >= 0.6 is 27.3 Å². The summed E-state index contributed by atoms with van der Waals surface area (Å²) in [4.78, 5) is 9.45. The van der Waals surface area contributed by atoms with Crippen molar-refractivity contribution in [3.05, 3.63) is 45.1 Å². The quantitative estimate of drug-likeness (QED) is 0.919. The van der Waals surface area contributed by atoms with E-state index >= 15 is 0 Å². The van der Waals surface area contributed by atoms with E-state index in [2.05, 4.69) is 50.3 Å². The Labute approximate surface area is 113 Å². The van der Waals surface area contributed by atoms with Crippen molar-refractivity contribution in [3.63, 3.8) is 0 Å². The Morgan fingerprint density at radius 1 is 1.35 bits per heavy atom. The number of aromatic nitrogens is 2. The van der Waals surface area contributed by atoms with E-state index in [1.165, 1.54) is 4.88 Å². The predicted molar refractivity (Wildman–Crippen MR) is 74.2 cm³/mol. The molecule has 5 heteroatoms. The van der Waals surface area contributed by atoms with Crippen LogP contribution in [0.3, 0.4) is 0 Å². The van der Waals surface area contributed by atoms with Crippen molar-refractivity contribution in [2.75, 3.05) is 6.54 Å². The van der Waals surface area contributed by atoms with Gasteiger partial charge in [0.15, 0.2) is 0 Å². The zero-order chi connectivity index (χ0) is 12.1. The molecule has 1 atom stereocenters. The predicted octanol–water partition coefficient (Wildman–Crippen LogP) is 3.39. The molecule has 2 rings (SSSR count). The minimum absolute atomic E-state index is 0.187. The maximum atomic E-state index is 4.09. The van der Waals surface area contributed by atoms with E-state index in [1.54, 1.807) is 17.7 Å². The number of nitrogens with zero attached hydrogens (tertiary/aromatic N) is 2. The van der Waals surface area contributed by atoms with Gasteiger partial charge in [0.25, 0.3) is 0 Å². The second kappa shape index (κ2) is 6.23. The second-order valence-electron chi connectivity index (χ2n) is 3.70. The molecule has 0 aromatic carbocycles. The fourth-order valence-corrected chi connectivity index (χ4v) is 3.14. The minimum Gasteiger partial charge on any atom is -0.306 e. The van der Waals surface area contributed by atoms with Crippen LogP contribution in [-0.4, -0.2) is 16.5 Å². The summed E-state index contributed by atoms with van der Waals surface area (Å²) in [7, 11) is 0. The van der Waals surface area contributed by atoms with Crippen molar-refractivity contribution in [2.24, 2.45) is 0 Å². The molecule has 2 aromatic heterocycles. The van der Waals surface area contributed by atoms with Gasteiger partial charge in [0.1, 0.15) is 6.33 Å². The summed E-state index contributed by atoms with van der Waals surface area (Å²) in [5, 5.41) is 3.52. The average molecular weight is 312 g/mol. The fraction of sp³-hybridized carbons (Fsp3) is 0.333. The Morgan fingerprint density at radius 3 is 2.71 bits per heavy atom. The molecule has 0 bridgehead atoms. The van der Waals surface area contributed by atoms with E-state index < -0.39 is 0 Å². The molecular formula is C12H14BrN3S. The first kappa shape index (κ1) is 12.7. The number of hydrogen-bond donors (Lipinski definition) is 1. The Morgan fingerprint density at radius 2 is 2.12 bits per heavy atom. The van der Waals surface area contributed by atoms with Crippen LogP contribution in [0.15, 0.2) is 34.6 Å². The first-order chi connectivity index (χ1) is 8.31. The first-order valence-electron chi connectivity index (χ1n) is 5.54. The van der Waals surface area contributed by atoms with Gasteiger partial charge in [0.2, 0.25) is 0 Å². The molecule has 0 radical (unpaired) electrons. The smallest absolute Gasteiger partial charge is 0.115 e. The number of nitrogens with one attached hydrogen (secondary N) is 1. The maximum Gasteiger partial charge on any atom is 0.115 e. The summed E-state index contributed by atoms with van der Waals surface area (Å²) >= 11 is 5.24. The van der Waals surface area contributed by atoms with Gasteiger partial charge in [0, 0.05) is 22.8 Å². The molecule has 0 saturated carbocycles. The molecule has 90 valence electrons.